The predicted molar refractivity (Wildman–Crippen MR) is 72.1 cm³/mol. The molecule has 0 spiro atoms. The maximum atomic E-state index is 12.0. The Morgan fingerprint density at radius 2 is 2.10 bits per heavy atom. The molecule has 0 unspecified atom stereocenters. The van der Waals surface area contributed by atoms with Crippen molar-refractivity contribution in [2.75, 3.05) is 6.54 Å². The molecule has 2 heterocycles. The topological polar surface area (TPSA) is 116 Å². The van der Waals surface area contributed by atoms with Gasteiger partial charge in [0.1, 0.15) is 4.90 Å². The second-order valence-electron chi connectivity index (χ2n) is 4.20. The van der Waals surface area contributed by atoms with Gasteiger partial charge in [0, 0.05) is 18.9 Å². The third kappa shape index (κ3) is 3.59. The average molecular weight is 296 g/mol. The monoisotopic (exact) mass is 296 g/mol. The molecule has 0 bridgehead atoms. The zero-order valence-corrected chi connectivity index (χ0v) is 11.8. The van der Waals surface area contributed by atoms with E-state index in [0.717, 1.165) is 5.69 Å². The second-order valence-corrected chi connectivity index (χ2v) is 5.97. The normalized spacial score (nSPS) is 11.7. The number of rotatable bonds is 6. The van der Waals surface area contributed by atoms with Crippen molar-refractivity contribution in [2.24, 2.45) is 5.73 Å². The van der Waals surface area contributed by atoms with Gasteiger partial charge in [0.2, 0.25) is 10.0 Å². The summed E-state index contributed by atoms with van der Waals surface area (Å²) in [4.78, 5) is 8.24. The number of hydrogen-bond donors (Lipinski definition) is 2. The number of aryl methyl sites for hydroxylation is 1. The zero-order chi connectivity index (χ0) is 14.6. The van der Waals surface area contributed by atoms with Crippen molar-refractivity contribution in [1.29, 1.82) is 0 Å². The minimum atomic E-state index is -3.61. The maximum Gasteiger partial charge on any atom is 0.244 e. The van der Waals surface area contributed by atoms with Crippen LogP contribution in [0.25, 0.3) is 0 Å². The fourth-order valence-corrected chi connectivity index (χ4v) is 2.45. The Kier molecular flexibility index (Phi) is 4.42. The molecule has 0 saturated carbocycles. The highest BCUT2D eigenvalue weighted by molar-refractivity contribution is 7.89. The van der Waals surface area contributed by atoms with Gasteiger partial charge in [-0.3, -0.25) is 14.6 Å². The Bertz CT molecular complexity index is 664. The largest absolute Gasteiger partial charge is 0.329 e. The van der Waals surface area contributed by atoms with E-state index in [0.29, 0.717) is 18.8 Å². The van der Waals surface area contributed by atoms with Crippen molar-refractivity contribution >= 4 is 10.0 Å². The van der Waals surface area contributed by atoms with E-state index in [9.17, 15) is 8.42 Å². The molecule has 0 radical (unpaired) electrons. The van der Waals surface area contributed by atoms with Crippen LogP contribution >= 0.6 is 0 Å². The Hall–Kier alpha value is -1.84. The fraction of sp³-hybridized carbons (Fsp3) is 0.364. The SMILES string of the molecule is Cc1cnc(CNS(=O)(=O)c2cnn(CCN)c2)cn1. The van der Waals surface area contributed by atoms with Gasteiger partial charge in [0.25, 0.3) is 0 Å². The molecule has 0 aromatic carbocycles. The van der Waals surface area contributed by atoms with E-state index in [1.165, 1.54) is 23.3 Å². The lowest BCUT2D eigenvalue weighted by Gasteiger charge is -2.04. The Balaban J connectivity index is 2.04. The van der Waals surface area contributed by atoms with E-state index >= 15 is 0 Å². The highest BCUT2D eigenvalue weighted by atomic mass is 32.2. The van der Waals surface area contributed by atoms with Crippen LogP contribution in [-0.4, -0.2) is 34.7 Å². The van der Waals surface area contributed by atoms with Crippen molar-refractivity contribution in [3.05, 3.63) is 36.2 Å². The molecule has 9 heteroatoms. The minimum absolute atomic E-state index is 0.0810. The van der Waals surface area contributed by atoms with Gasteiger partial charge in [-0.1, -0.05) is 0 Å². The molecule has 3 N–H and O–H groups in total. The molecule has 2 aromatic rings. The van der Waals surface area contributed by atoms with Crippen LogP contribution in [0.15, 0.2) is 29.7 Å². The van der Waals surface area contributed by atoms with Gasteiger partial charge in [-0.25, -0.2) is 13.1 Å². The van der Waals surface area contributed by atoms with E-state index in [2.05, 4.69) is 19.8 Å². The van der Waals surface area contributed by atoms with Crippen LogP contribution in [0.5, 0.6) is 0 Å². The van der Waals surface area contributed by atoms with Crippen molar-refractivity contribution in [1.82, 2.24) is 24.5 Å². The Morgan fingerprint density at radius 1 is 1.30 bits per heavy atom. The van der Waals surface area contributed by atoms with Crippen LogP contribution in [0, 0.1) is 6.92 Å². The molecular weight excluding hydrogens is 280 g/mol. The van der Waals surface area contributed by atoms with Crippen molar-refractivity contribution < 1.29 is 8.42 Å². The Morgan fingerprint density at radius 3 is 2.75 bits per heavy atom. The quantitative estimate of drug-likeness (QED) is 0.736. The van der Waals surface area contributed by atoms with Gasteiger partial charge in [0.15, 0.2) is 0 Å². The van der Waals surface area contributed by atoms with Gasteiger partial charge < -0.3 is 5.73 Å². The Labute approximate surface area is 117 Å². The fourth-order valence-electron chi connectivity index (χ4n) is 1.50. The molecular formula is C11H16N6O2S. The molecule has 0 aliphatic heterocycles. The van der Waals surface area contributed by atoms with E-state index in [-0.39, 0.29) is 11.4 Å². The van der Waals surface area contributed by atoms with Crippen molar-refractivity contribution in [3.63, 3.8) is 0 Å². The van der Waals surface area contributed by atoms with Gasteiger partial charge in [0.05, 0.1) is 36.9 Å². The molecule has 0 aliphatic rings. The van der Waals surface area contributed by atoms with E-state index < -0.39 is 10.0 Å². The van der Waals surface area contributed by atoms with Gasteiger partial charge in [-0.15, -0.1) is 0 Å². The number of sulfonamides is 1. The molecule has 0 aliphatic carbocycles. The van der Waals surface area contributed by atoms with E-state index in [1.807, 2.05) is 6.92 Å². The molecule has 0 amide bonds. The molecule has 0 fully saturated rings. The second kappa shape index (κ2) is 6.07. The first-order chi connectivity index (χ1) is 9.51. The standard InChI is InChI=1S/C11H16N6O2S/c1-9-4-14-10(5-13-9)6-16-20(18,19)11-7-15-17(8-11)3-2-12/h4-5,7-8,16H,2-3,6,12H2,1H3. The molecule has 20 heavy (non-hydrogen) atoms. The van der Waals surface area contributed by atoms with E-state index in [1.54, 1.807) is 6.20 Å². The summed E-state index contributed by atoms with van der Waals surface area (Å²) < 4.78 is 28.0. The summed E-state index contributed by atoms with van der Waals surface area (Å²) in [5.74, 6) is 0. The maximum absolute atomic E-state index is 12.0. The number of nitrogens with zero attached hydrogens (tertiary/aromatic N) is 4. The van der Waals surface area contributed by atoms with Crippen LogP contribution < -0.4 is 10.5 Å². The summed E-state index contributed by atoms with van der Waals surface area (Å²) in [5, 5.41) is 3.93. The number of hydrogen-bond acceptors (Lipinski definition) is 6. The lowest BCUT2D eigenvalue weighted by molar-refractivity contribution is 0.579. The summed E-state index contributed by atoms with van der Waals surface area (Å²) in [6.07, 6.45) is 5.85. The van der Waals surface area contributed by atoms with Crippen LogP contribution in [0.4, 0.5) is 0 Å². The van der Waals surface area contributed by atoms with Crippen molar-refractivity contribution in [3.8, 4) is 0 Å². The lowest BCUT2D eigenvalue weighted by atomic mass is 10.4. The summed E-state index contributed by atoms with van der Waals surface area (Å²) >= 11 is 0. The number of nitrogens with one attached hydrogen (secondary N) is 1. The van der Waals surface area contributed by atoms with Gasteiger partial charge >= 0.3 is 0 Å². The van der Waals surface area contributed by atoms with Gasteiger partial charge in [-0.2, -0.15) is 5.10 Å². The molecule has 0 saturated heterocycles. The van der Waals surface area contributed by atoms with E-state index in [4.69, 9.17) is 5.73 Å². The predicted octanol–water partition coefficient (Wildman–Crippen LogP) is -0.581. The molecule has 2 rings (SSSR count). The highest BCUT2D eigenvalue weighted by Gasteiger charge is 2.16. The summed E-state index contributed by atoms with van der Waals surface area (Å²) in [5.41, 5.74) is 6.71. The zero-order valence-electron chi connectivity index (χ0n) is 11.0. The molecule has 2 aromatic heterocycles. The number of nitrogens with two attached hydrogens (primary N) is 1. The van der Waals surface area contributed by atoms with Crippen LogP contribution in [0.1, 0.15) is 11.4 Å². The summed E-state index contributed by atoms with van der Waals surface area (Å²) in [6, 6.07) is 0. The van der Waals surface area contributed by atoms with Crippen molar-refractivity contribution in [2.45, 2.75) is 24.9 Å². The van der Waals surface area contributed by atoms with Gasteiger partial charge in [-0.05, 0) is 6.92 Å². The highest BCUT2D eigenvalue weighted by Crippen LogP contribution is 2.07. The molecule has 0 atom stereocenters. The first-order valence-corrected chi connectivity index (χ1v) is 7.49. The summed E-state index contributed by atoms with van der Waals surface area (Å²) in [7, 11) is -3.61. The first-order valence-electron chi connectivity index (χ1n) is 6.01. The average Bonchev–Trinajstić information content (AvgIpc) is 2.88. The minimum Gasteiger partial charge on any atom is -0.329 e. The lowest BCUT2D eigenvalue weighted by Crippen LogP contribution is -2.23. The van der Waals surface area contributed by atoms with Crippen LogP contribution in [-0.2, 0) is 23.1 Å². The molecule has 8 nitrogen and oxygen atoms in total. The smallest absolute Gasteiger partial charge is 0.244 e. The van der Waals surface area contributed by atoms with Crippen LogP contribution in [0.2, 0.25) is 0 Å². The first kappa shape index (κ1) is 14.6. The van der Waals surface area contributed by atoms with Crippen LogP contribution in [0.3, 0.4) is 0 Å². The third-order valence-corrected chi connectivity index (χ3v) is 3.91. The number of aromatic nitrogens is 4. The molecule has 108 valence electrons. The summed E-state index contributed by atoms with van der Waals surface area (Å²) in [6.45, 7) is 2.76. The third-order valence-electron chi connectivity index (χ3n) is 2.56.